The topological polar surface area (TPSA) is 87.7 Å². The van der Waals surface area contributed by atoms with Gasteiger partial charge in [-0.15, -0.1) is 11.3 Å². The van der Waals surface area contributed by atoms with Crippen molar-refractivity contribution in [1.82, 2.24) is 0 Å². The number of methoxy groups -OCH3 is 1. The van der Waals surface area contributed by atoms with Crippen LogP contribution in [0.25, 0.3) is 21.6 Å². The van der Waals surface area contributed by atoms with Crippen molar-refractivity contribution in [1.29, 1.82) is 0 Å². The quantitative estimate of drug-likeness (QED) is 0.306. The molecule has 1 aliphatic rings. The van der Waals surface area contributed by atoms with E-state index in [2.05, 4.69) is 5.32 Å². The number of nitrogens with one attached hydrogen (secondary N) is 1. The summed E-state index contributed by atoms with van der Waals surface area (Å²) >= 11 is 7.51. The largest absolute Gasteiger partial charge is 1.00 e. The second-order valence-electron chi connectivity index (χ2n) is 9.49. The van der Waals surface area contributed by atoms with Crippen molar-refractivity contribution in [3.8, 4) is 27.3 Å². The van der Waals surface area contributed by atoms with Crippen molar-refractivity contribution in [2.24, 2.45) is 0 Å². The summed E-state index contributed by atoms with van der Waals surface area (Å²) in [4.78, 5) is 24.8. The fraction of sp³-hybridized carbons (Fsp3) is 0.200. The molecule has 1 fully saturated rings. The number of halogens is 3. The van der Waals surface area contributed by atoms with E-state index >= 15 is 0 Å². The summed E-state index contributed by atoms with van der Waals surface area (Å²) in [7, 11) is 1.54. The number of hydrogen-bond donors (Lipinski definition) is 1. The number of ether oxygens (including phenoxy) is 2. The average Bonchev–Trinajstić information content (AvgIpc) is 3.67. The number of anilines is 1. The van der Waals surface area contributed by atoms with Gasteiger partial charge in [0.1, 0.15) is 23.5 Å². The molecule has 1 amide bonds. The van der Waals surface area contributed by atoms with Crippen molar-refractivity contribution in [2.75, 3.05) is 12.4 Å². The van der Waals surface area contributed by atoms with Gasteiger partial charge in [-0.2, -0.15) is 0 Å². The van der Waals surface area contributed by atoms with Gasteiger partial charge in [0.05, 0.1) is 28.0 Å². The summed E-state index contributed by atoms with van der Waals surface area (Å²) < 4.78 is 39.0. The Kier molecular flexibility index (Phi) is 9.45. The molecule has 6 nitrogen and oxygen atoms in total. The molecule has 0 spiro atoms. The second kappa shape index (κ2) is 12.5. The van der Waals surface area contributed by atoms with E-state index in [0.717, 1.165) is 34.9 Å². The van der Waals surface area contributed by atoms with Gasteiger partial charge in [0.2, 0.25) is 0 Å². The van der Waals surface area contributed by atoms with Crippen molar-refractivity contribution in [3.63, 3.8) is 0 Å². The van der Waals surface area contributed by atoms with E-state index in [0.29, 0.717) is 39.1 Å². The average molecular weight is 606 g/mol. The number of thiophene rings is 1. The Morgan fingerprint density at radius 2 is 1.71 bits per heavy atom. The maximum atomic E-state index is 14.1. The summed E-state index contributed by atoms with van der Waals surface area (Å²) in [5.74, 6) is -1.83. The smallest absolute Gasteiger partial charge is 0.549 e. The van der Waals surface area contributed by atoms with Crippen LogP contribution in [0, 0.1) is 11.6 Å². The first-order chi connectivity index (χ1) is 19.1. The molecular formula is C30H23ClF2NNaO5S. The summed E-state index contributed by atoms with van der Waals surface area (Å²) in [6.07, 6.45) is -0.762. The Labute approximate surface area is 266 Å². The number of aliphatic carboxylic acids is 1. The zero-order valence-corrected chi connectivity index (χ0v) is 26.0. The predicted octanol–water partition coefficient (Wildman–Crippen LogP) is 4.12. The molecule has 0 radical (unpaired) electrons. The van der Waals surface area contributed by atoms with Crippen LogP contribution in [0.5, 0.6) is 5.75 Å². The van der Waals surface area contributed by atoms with Gasteiger partial charge in [-0.1, -0.05) is 48.0 Å². The first kappa shape index (κ1) is 31.0. The van der Waals surface area contributed by atoms with E-state index in [1.807, 2.05) is 24.3 Å². The van der Waals surface area contributed by atoms with Gasteiger partial charge in [-0.25, -0.2) is 13.6 Å². The first-order valence-corrected chi connectivity index (χ1v) is 13.5. The molecular weight excluding hydrogens is 583 g/mol. The first-order valence-electron chi connectivity index (χ1n) is 12.3. The Balaban J connectivity index is 0.00000387. The van der Waals surface area contributed by atoms with Gasteiger partial charge < -0.3 is 19.4 Å². The molecule has 1 heterocycles. The Morgan fingerprint density at radius 1 is 1.02 bits per heavy atom. The predicted molar refractivity (Wildman–Crippen MR) is 148 cm³/mol. The fourth-order valence-corrected chi connectivity index (χ4v) is 5.81. The zero-order chi connectivity index (χ0) is 28.6. The van der Waals surface area contributed by atoms with Gasteiger partial charge in [-0.3, -0.25) is 5.32 Å². The van der Waals surface area contributed by atoms with Crippen LogP contribution in [0.3, 0.4) is 0 Å². The van der Waals surface area contributed by atoms with Crippen molar-refractivity contribution >= 4 is 40.7 Å². The second-order valence-corrected chi connectivity index (χ2v) is 11.2. The molecule has 1 N–H and O–H groups in total. The van der Waals surface area contributed by atoms with Crippen LogP contribution in [0.4, 0.5) is 19.3 Å². The van der Waals surface area contributed by atoms with Crippen molar-refractivity contribution < 1.29 is 62.5 Å². The Morgan fingerprint density at radius 3 is 2.34 bits per heavy atom. The van der Waals surface area contributed by atoms with Gasteiger partial charge in [0.25, 0.3) is 0 Å². The Hall–Kier alpha value is -2.95. The van der Waals surface area contributed by atoms with Gasteiger partial charge >= 0.3 is 35.7 Å². The molecule has 0 aliphatic heterocycles. The fourth-order valence-electron chi connectivity index (χ4n) is 4.63. The maximum Gasteiger partial charge on any atom is 1.00 e. The van der Waals surface area contributed by atoms with Gasteiger partial charge in [0.15, 0.2) is 0 Å². The van der Waals surface area contributed by atoms with E-state index in [9.17, 15) is 23.5 Å². The number of carbonyl (C=O) groups excluding carboxylic acids is 2. The monoisotopic (exact) mass is 605 g/mol. The van der Waals surface area contributed by atoms with Crippen LogP contribution >= 0.6 is 22.9 Å². The van der Waals surface area contributed by atoms with E-state index in [4.69, 9.17) is 21.1 Å². The van der Waals surface area contributed by atoms with E-state index in [1.165, 1.54) is 25.4 Å². The molecule has 0 unspecified atom stereocenters. The molecule has 1 aliphatic carbocycles. The SMILES string of the molecule is COc1cc(-c2sc(Cl)cc2NC(=O)O[C@H](C)c2cc(F)ccc2F)ccc1-c1ccc(C2(C(=O)[O-])CC2)cc1.[Na+]. The third kappa shape index (κ3) is 6.44. The molecule has 3 aromatic carbocycles. The summed E-state index contributed by atoms with van der Waals surface area (Å²) in [6, 6.07) is 17.3. The number of carboxylic acid groups (broad SMARTS) is 1. The van der Waals surface area contributed by atoms with Crippen LogP contribution in [-0.4, -0.2) is 19.2 Å². The normalized spacial score (nSPS) is 14.0. The Bertz CT molecular complexity index is 1610. The number of benzene rings is 3. The van der Waals surface area contributed by atoms with Crippen LogP contribution in [0.15, 0.2) is 66.7 Å². The van der Waals surface area contributed by atoms with Crippen LogP contribution in [-0.2, 0) is 14.9 Å². The van der Waals surface area contributed by atoms with Crippen LogP contribution in [0.1, 0.15) is 37.0 Å². The minimum Gasteiger partial charge on any atom is -0.549 e. The van der Waals surface area contributed by atoms with E-state index < -0.39 is 35.2 Å². The molecule has 1 atom stereocenters. The molecule has 5 rings (SSSR count). The summed E-state index contributed by atoms with van der Waals surface area (Å²) in [6.45, 7) is 1.44. The third-order valence-electron chi connectivity index (χ3n) is 6.97. The molecule has 0 bridgehead atoms. The number of hydrogen-bond acceptors (Lipinski definition) is 6. The van der Waals surface area contributed by atoms with E-state index in [-0.39, 0.29) is 35.1 Å². The van der Waals surface area contributed by atoms with Gasteiger partial charge in [-0.05, 0) is 66.8 Å². The molecule has 0 saturated heterocycles. The van der Waals surface area contributed by atoms with Crippen LogP contribution in [0.2, 0.25) is 4.34 Å². The van der Waals surface area contributed by atoms with Crippen molar-refractivity contribution in [3.05, 3.63) is 93.8 Å². The zero-order valence-electron chi connectivity index (χ0n) is 22.4. The van der Waals surface area contributed by atoms with E-state index in [1.54, 1.807) is 24.3 Å². The summed E-state index contributed by atoms with van der Waals surface area (Å²) in [5.41, 5.74) is 2.46. The molecule has 41 heavy (non-hydrogen) atoms. The third-order valence-corrected chi connectivity index (χ3v) is 8.28. The maximum absolute atomic E-state index is 14.1. The van der Waals surface area contributed by atoms with Crippen LogP contribution < -0.4 is 44.7 Å². The number of carbonyl (C=O) groups is 2. The number of amides is 1. The molecule has 4 aromatic rings. The molecule has 11 heteroatoms. The van der Waals surface area contributed by atoms with Crippen molar-refractivity contribution in [2.45, 2.75) is 31.3 Å². The standard InChI is InChI=1S/C30H24ClF2NO5S.Na/c1-16(22-14-20(32)8-10-23(22)33)39-29(37)34-24-15-26(31)40-27(24)18-5-9-21(25(13-18)38-2)17-3-6-19(7-4-17)30(11-12-30)28(35)36;/h3-10,13-16H,11-12H2,1-2H3,(H,34,37)(H,35,36);/q;+1/p-1/t16-;/m1./s1. The molecule has 1 aromatic heterocycles. The van der Waals surface area contributed by atoms with Gasteiger partial charge in [0, 0.05) is 16.5 Å². The minimum atomic E-state index is -1.05. The summed E-state index contributed by atoms with van der Waals surface area (Å²) in [5, 5.41) is 14.2. The number of rotatable bonds is 8. The molecule has 1 saturated carbocycles. The minimum absolute atomic E-state index is 0. The molecule has 206 valence electrons. The number of carboxylic acids is 1.